The highest BCUT2D eigenvalue weighted by atomic mass is 15.1. The molecule has 3 nitrogen and oxygen atoms in total. The van der Waals surface area contributed by atoms with Gasteiger partial charge in [-0.05, 0) is 36.2 Å². The van der Waals surface area contributed by atoms with Crippen LogP contribution in [0, 0.1) is 18.3 Å². The van der Waals surface area contributed by atoms with E-state index in [2.05, 4.69) is 11.4 Å². The van der Waals surface area contributed by atoms with E-state index in [0.29, 0.717) is 0 Å². The van der Waals surface area contributed by atoms with Crippen LogP contribution in [-0.2, 0) is 0 Å². The van der Waals surface area contributed by atoms with Crippen molar-refractivity contribution in [3.05, 3.63) is 59.7 Å². The largest absolute Gasteiger partial charge is 0.378 e. The van der Waals surface area contributed by atoms with Crippen LogP contribution in [0.15, 0.2) is 48.5 Å². The van der Waals surface area contributed by atoms with Gasteiger partial charge in [-0.2, -0.15) is 5.26 Å². The average molecular weight is 265 g/mol. The van der Waals surface area contributed by atoms with Crippen LogP contribution < -0.4 is 10.2 Å². The first kappa shape index (κ1) is 14.0. The van der Waals surface area contributed by atoms with Crippen molar-refractivity contribution in [2.45, 2.75) is 13.0 Å². The minimum atomic E-state index is -0.340. The van der Waals surface area contributed by atoms with E-state index >= 15 is 0 Å². The summed E-state index contributed by atoms with van der Waals surface area (Å²) in [6, 6.07) is 18.0. The van der Waals surface area contributed by atoms with Crippen molar-refractivity contribution in [1.29, 1.82) is 5.26 Å². The summed E-state index contributed by atoms with van der Waals surface area (Å²) in [5, 5.41) is 12.7. The molecular formula is C17H19N3. The zero-order chi connectivity index (χ0) is 14.5. The van der Waals surface area contributed by atoms with Crippen molar-refractivity contribution in [3.63, 3.8) is 0 Å². The number of benzene rings is 2. The number of rotatable bonds is 4. The molecule has 20 heavy (non-hydrogen) atoms. The molecule has 0 heterocycles. The Hall–Kier alpha value is -2.47. The molecule has 0 amide bonds. The highest BCUT2D eigenvalue weighted by molar-refractivity contribution is 5.54. The molecule has 0 aromatic heterocycles. The number of hydrogen-bond donors (Lipinski definition) is 1. The van der Waals surface area contributed by atoms with Gasteiger partial charge in [0.15, 0.2) is 0 Å². The fourth-order valence-corrected chi connectivity index (χ4v) is 2.05. The number of nitrogens with one attached hydrogen (secondary N) is 1. The van der Waals surface area contributed by atoms with Gasteiger partial charge < -0.3 is 10.2 Å². The van der Waals surface area contributed by atoms with Crippen LogP contribution in [0.3, 0.4) is 0 Å². The van der Waals surface area contributed by atoms with E-state index in [1.165, 1.54) is 0 Å². The van der Waals surface area contributed by atoms with E-state index in [1.807, 2.05) is 74.4 Å². The standard InChI is InChI=1S/C17H19N3/c1-13-6-4-5-7-16(13)19-17(12-18)14-8-10-15(11-9-14)20(2)3/h4-11,17,19H,1-3H3. The quantitative estimate of drug-likeness (QED) is 0.915. The molecular weight excluding hydrogens is 246 g/mol. The maximum atomic E-state index is 9.39. The lowest BCUT2D eigenvalue weighted by molar-refractivity contribution is 0.991. The first-order valence-corrected chi connectivity index (χ1v) is 6.61. The minimum Gasteiger partial charge on any atom is -0.378 e. The van der Waals surface area contributed by atoms with Crippen LogP contribution in [0.1, 0.15) is 17.2 Å². The molecule has 1 atom stereocenters. The summed E-state index contributed by atoms with van der Waals surface area (Å²) >= 11 is 0. The fourth-order valence-electron chi connectivity index (χ4n) is 2.05. The Morgan fingerprint density at radius 2 is 1.70 bits per heavy atom. The second-order valence-electron chi connectivity index (χ2n) is 5.01. The van der Waals surface area contributed by atoms with Crippen LogP contribution >= 0.6 is 0 Å². The van der Waals surface area contributed by atoms with Crippen molar-refractivity contribution in [2.24, 2.45) is 0 Å². The van der Waals surface area contributed by atoms with Gasteiger partial charge >= 0.3 is 0 Å². The summed E-state index contributed by atoms with van der Waals surface area (Å²) in [6.07, 6.45) is 0. The summed E-state index contributed by atoms with van der Waals surface area (Å²) in [7, 11) is 4.00. The predicted molar refractivity (Wildman–Crippen MR) is 83.9 cm³/mol. The number of hydrogen-bond acceptors (Lipinski definition) is 3. The molecule has 2 aromatic carbocycles. The Morgan fingerprint density at radius 3 is 2.25 bits per heavy atom. The third-order valence-electron chi connectivity index (χ3n) is 3.32. The van der Waals surface area contributed by atoms with Gasteiger partial charge in [0.2, 0.25) is 0 Å². The molecule has 0 bridgehead atoms. The number of nitrogens with zero attached hydrogens (tertiary/aromatic N) is 2. The second kappa shape index (κ2) is 6.12. The van der Waals surface area contributed by atoms with Crippen molar-refractivity contribution in [1.82, 2.24) is 0 Å². The van der Waals surface area contributed by atoms with E-state index in [-0.39, 0.29) is 6.04 Å². The molecule has 0 aliphatic carbocycles. The summed E-state index contributed by atoms with van der Waals surface area (Å²) in [5.41, 5.74) is 4.23. The molecule has 0 spiro atoms. The fraction of sp³-hybridized carbons (Fsp3) is 0.235. The maximum Gasteiger partial charge on any atom is 0.140 e. The second-order valence-corrected chi connectivity index (χ2v) is 5.01. The van der Waals surface area contributed by atoms with Crippen LogP contribution in [0.4, 0.5) is 11.4 Å². The van der Waals surface area contributed by atoms with Gasteiger partial charge in [0.05, 0.1) is 6.07 Å². The number of nitriles is 1. The lowest BCUT2D eigenvalue weighted by Gasteiger charge is -2.17. The molecule has 102 valence electrons. The molecule has 2 rings (SSSR count). The van der Waals surface area contributed by atoms with Gasteiger partial charge in [-0.25, -0.2) is 0 Å². The molecule has 0 radical (unpaired) electrons. The third-order valence-corrected chi connectivity index (χ3v) is 3.32. The lowest BCUT2D eigenvalue weighted by atomic mass is 10.1. The van der Waals surface area contributed by atoms with E-state index < -0.39 is 0 Å². The smallest absolute Gasteiger partial charge is 0.140 e. The van der Waals surface area contributed by atoms with Gasteiger partial charge in [0, 0.05) is 25.5 Å². The summed E-state index contributed by atoms with van der Waals surface area (Å²) in [5.74, 6) is 0. The molecule has 2 aromatic rings. The maximum absolute atomic E-state index is 9.39. The van der Waals surface area contributed by atoms with Gasteiger partial charge in [-0.15, -0.1) is 0 Å². The molecule has 3 heteroatoms. The summed E-state index contributed by atoms with van der Waals surface area (Å²) in [4.78, 5) is 2.04. The average Bonchev–Trinajstić information content (AvgIpc) is 2.46. The molecule has 1 unspecified atom stereocenters. The first-order chi connectivity index (χ1) is 9.61. The van der Waals surface area contributed by atoms with Crippen LogP contribution in [0.5, 0.6) is 0 Å². The molecule has 0 aliphatic heterocycles. The molecule has 0 fully saturated rings. The SMILES string of the molecule is Cc1ccccc1NC(C#N)c1ccc(N(C)C)cc1. The number of para-hydroxylation sites is 1. The van der Waals surface area contributed by atoms with E-state index in [9.17, 15) is 5.26 Å². The highest BCUT2D eigenvalue weighted by Gasteiger charge is 2.11. The zero-order valence-electron chi connectivity index (χ0n) is 12.1. The van der Waals surface area contributed by atoms with Crippen molar-refractivity contribution in [2.75, 3.05) is 24.3 Å². The summed E-state index contributed by atoms with van der Waals surface area (Å²) in [6.45, 7) is 2.03. The molecule has 1 N–H and O–H groups in total. The highest BCUT2D eigenvalue weighted by Crippen LogP contribution is 2.23. The third kappa shape index (κ3) is 3.10. The first-order valence-electron chi connectivity index (χ1n) is 6.61. The number of anilines is 2. The van der Waals surface area contributed by atoms with Crippen LogP contribution in [-0.4, -0.2) is 14.1 Å². The minimum absolute atomic E-state index is 0.340. The van der Waals surface area contributed by atoms with E-state index in [4.69, 9.17) is 0 Å². The number of aryl methyl sites for hydroxylation is 1. The van der Waals surface area contributed by atoms with Gasteiger partial charge in [-0.3, -0.25) is 0 Å². The Morgan fingerprint density at radius 1 is 1.05 bits per heavy atom. The van der Waals surface area contributed by atoms with Gasteiger partial charge in [-0.1, -0.05) is 30.3 Å². The van der Waals surface area contributed by atoms with Crippen LogP contribution in [0.2, 0.25) is 0 Å². The lowest BCUT2D eigenvalue weighted by Crippen LogP contribution is -2.11. The Kier molecular flexibility index (Phi) is 4.27. The predicted octanol–water partition coefficient (Wildman–Crippen LogP) is 3.74. The molecule has 0 aliphatic rings. The van der Waals surface area contributed by atoms with Crippen molar-refractivity contribution in [3.8, 4) is 6.07 Å². The van der Waals surface area contributed by atoms with Gasteiger partial charge in [0.1, 0.15) is 6.04 Å². The Bertz CT molecular complexity index is 609. The normalized spacial score (nSPS) is 11.5. The van der Waals surface area contributed by atoms with Crippen LogP contribution in [0.25, 0.3) is 0 Å². The Balaban J connectivity index is 2.21. The molecule has 0 saturated heterocycles. The van der Waals surface area contributed by atoms with Crippen molar-refractivity contribution >= 4 is 11.4 Å². The zero-order valence-corrected chi connectivity index (χ0v) is 12.1. The van der Waals surface area contributed by atoms with E-state index in [0.717, 1.165) is 22.5 Å². The summed E-state index contributed by atoms with van der Waals surface area (Å²) < 4.78 is 0. The van der Waals surface area contributed by atoms with Crippen molar-refractivity contribution < 1.29 is 0 Å². The topological polar surface area (TPSA) is 39.1 Å². The van der Waals surface area contributed by atoms with Gasteiger partial charge in [0.25, 0.3) is 0 Å². The monoisotopic (exact) mass is 265 g/mol. The van der Waals surface area contributed by atoms with E-state index in [1.54, 1.807) is 0 Å². The molecule has 0 saturated carbocycles. The Labute approximate surface area is 120 Å².